The van der Waals surface area contributed by atoms with E-state index in [2.05, 4.69) is 33.9 Å². The molecule has 0 atom stereocenters. The third-order valence-electron chi connectivity index (χ3n) is 2.77. The first kappa shape index (κ1) is 11.5. The minimum absolute atomic E-state index is 0.783. The van der Waals surface area contributed by atoms with Gasteiger partial charge in [-0.05, 0) is 47.3 Å². The third-order valence-corrected chi connectivity index (χ3v) is 4.99. The normalized spacial score (nSPS) is 18.0. The Hall–Kier alpha value is -0.0200. The Morgan fingerprint density at radius 1 is 1.33 bits per heavy atom. The summed E-state index contributed by atoms with van der Waals surface area (Å²) in [7, 11) is 0. The Morgan fingerprint density at radius 2 is 2.07 bits per heavy atom. The average Bonchev–Trinajstić information content (AvgIpc) is 2.24. The molecule has 0 saturated heterocycles. The Bertz CT molecular complexity index is 334. The lowest BCUT2D eigenvalue weighted by Gasteiger charge is -2.20. The zero-order valence-electron chi connectivity index (χ0n) is 9.00. The van der Waals surface area contributed by atoms with Gasteiger partial charge in [-0.2, -0.15) is 0 Å². The van der Waals surface area contributed by atoms with Gasteiger partial charge in [0, 0.05) is 11.4 Å². The van der Waals surface area contributed by atoms with Crippen LogP contribution in [0.25, 0.3) is 0 Å². The highest BCUT2D eigenvalue weighted by Crippen LogP contribution is 2.35. The molecule has 1 aliphatic carbocycles. The molecule has 1 aromatic rings. The molecule has 0 aromatic carbocycles. The summed E-state index contributed by atoms with van der Waals surface area (Å²) < 4.78 is 1.15. The van der Waals surface area contributed by atoms with E-state index in [0.717, 1.165) is 14.7 Å². The molecule has 0 unspecified atom stereocenters. The number of aromatic nitrogens is 1. The van der Waals surface area contributed by atoms with E-state index in [1.165, 1.54) is 37.7 Å². The lowest BCUT2D eigenvalue weighted by Crippen LogP contribution is -2.08. The maximum atomic E-state index is 4.49. The molecule has 0 N–H and O–H groups in total. The first-order valence-electron chi connectivity index (χ1n) is 5.54. The molecule has 0 aliphatic heterocycles. The summed E-state index contributed by atoms with van der Waals surface area (Å²) in [5.74, 6) is 0. The lowest BCUT2D eigenvalue weighted by molar-refractivity contribution is 0.515. The van der Waals surface area contributed by atoms with Crippen molar-refractivity contribution in [2.24, 2.45) is 0 Å². The highest BCUT2D eigenvalue weighted by Gasteiger charge is 2.16. The van der Waals surface area contributed by atoms with Crippen LogP contribution in [0.1, 0.15) is 37.7 Å². The van der Waals surface area contributed by atoms with Crippen molar-refractivity contribution in [2.75, 3.05) is 0 Å². The Kier molecular flexibility index (Phi) is 4.09. The fourth-order valence-corrected chi connectivity index (χ4v) is 3.86. The summed E-state index contributed by atoms with van der Waals surface area (Å²) in [6.45, 7) is 2.08. The van der Waals surface area contributed by atoms with Gasteiger partial charge in [-0.1, -0.05) is 19.3 Å². The van der Waals surface area contributed by atoms with E-state index in [4.69, 9.17) is 0 Å². The van der Waals surface area contributed by atoms with Gasteiger partial charge in [-0.15, -0.1) is 11.8 Å². The number of pyridine rings is 1. The molecule has 82 valence electrons. The lowest BCUT2D eigenvalue weighted by atomic mass is 10.0. The van der Waals surface area contributed by atoms with Crippen LogP contribution < -0.4 is 0 Å². The molecule has 15 heavy (non-hydrogen) atoms. The first-order valence-corrected chi connectivity index (χ1v) is 7.22. The molecule has 1 saturated carbocycles. The van der Waals surface area contributed by atoms with Crippen molar-refractivity contribution in [2.45, 2.75) is 49.3 Å². The van der Waals surface area contributed by atoms with Crippen molar-refractivity contribution >= 4 is 27.7 Å². The van der Waals surface area contributed by atoms with Crippen molar-refractivity contribution in [3.05, 3.63) is 22.3 Å². The van der Waals surface area contributed by atoms with E-state index in [1.54, 1.807) is 0 Å². The van der Waals surface area contributed by atoms with Crippen LogP contribution in [-0.4, -0.2) is 10.2 Å². The second-order valence-corrected chi connectivity index (χ2v) is 6.32. The third kappa shape index (κ3) is 3.22. The second kappa shape index (κ2) is 5.35. The van der Waals surface area contributed by atoms with Crippen LogP contribution in [0.5, 0.6) is 0 Å². The van der Waals surface area contributed by atoms with Crippen LogP contribution in [0.15, 0.2) is 21.8 Å². The Labute approximate surface area is 104 Å². The SMILES string of the molecule is Cc1cnc(SC2CCCCC2)c(Br)c1. The highest BCUT2D eigenvalue weighted by molar-refractivity contribution is 9.10. The van der Waals surface area contributed by atoms with Crippen LogP contribution in [-0.2, 0) is 0 Å². The number of hydrogen-bond acceptors (Lipinski definition) is 2. The van der Waals surface area contributed by atoms with E-state index in [9.17, 15) is 0 Å². The number of nitrogens with zero attached hydrogens (tertiary/aromatic N) is 1. The van der Waals surface area contributed by atoms with Gasteiger partial charge in [0.1, 0.15) is 5.03 Å². The van der Waals surface area contributed by atoms with E-state index >= 15 is 0 Å². The van der Waals surface area contributed by atoms with Gasteiger partial charge in [0.2, 0.25) is 0 Å². The molecule has 0 radical (unpaired) electrons. The molecule has 1 nitrogen and oxygen atoms in total. The highest BCUT2D eigenvalue weighted by atomic mass is 79.9. The van der Waals surface area contributed by atoms with Gasteiger partial charge in [0.15, 0.2) is 0 Å². The van der Waals surface area contributed by atoms with Crippen molar-refractivity contribution in [3.63, 3.8) is 0 Å². The van der Waals surface area contributed by atoms with Gasteiger partial charge in [-0.3, -0.25) is 0 Å². The summed E-state index contributed by atoms with van der Waals surface area (Å²) in [6.07, 6.45) is 8.86. The molecule has 1 fully saturated rings. The zero-order chi connectivity index (χ0) is 10.7. The van der Waals surface area contributed by atoms with E-state index in [0.29, 0.717) is 0 Å². The molecule has 0 amide bonds. The zero-order valence-corrected chi connectivity index (χ0v) is 11.4. The van der Waals surface area contributed by atoms with Crippen LogP contribution in [0.2, 0.25) is 0 Å². The largest absolute Gasteiger partial charge is 0.248 e. The quantitative estimate of drug-likeness (QED) is 0.789. The minimum atomic E-state index is 0.783. The molecule has 1 aliphatic rings. The maximum Gasteiger partial charge on any atom is 0.110 e. The van der Waals surface area contributed by atoms with Gasteiger partial charge in [0.05, 0.1) is 4.47 Å². The Morgan fingerprint density at radius 3 is 2.73 bits per heavy atom. The Balaban J connectivity index is 2.03. The second-order valence-electron chi connectivity index (χ2n) is 4.18. The van der Waals surface area contributed by atoms with Gasteiger partial charge in [-0.25, -0.2) is 4.98 Å². The summed E-state index contributed by atoms with van der Waals surface area (Å²) in [6, 6.07) is 2.15. The van der Waals surface area contributed by atoms with Crippen LogP contribution in [0, 0.1) is 6.92 Å². The summed E-state index contributed by atoms with van der Waals surface area (Å²) >= 11 is 5.53. The molecule has 1 heterocycles. The van der Waals surface area contributed by atoms with E-state index in [1.807, 2.05) is 18.0 Å². The van der Waals surface area contributed by atoms with E-state index < -0.39 is 0 Å². The van der Waals surface area contributed by atoms with Gasteiger partial charge in [0.25, 0.3) is 0 Å². The van der Waals surface area contributed by atoms with Crippen molar-refractivity contribution in [1.82, 2.24) is 4.98 Å². The predicted octanol–water partition coefficient (Wildman–Crippen LogP) is 4.58. The van der Waals surface area contributed by atoms with Gasteiger partial charge >= 0.3 is 0 Å². The maximum absolute atomic E-state index is 4.49. The van der Waals surface area contributed by atoms with Crippen molar-refractivity contribution < 1.29 is 0 Å². The summed E-state index contributed by atoms with van der Waals surface area (Å²) in [5, 5.41) is 1.94. The molecule has 3 heteroatoms. The topological polar surface area (TPSA) is 12.9 Å². The molecular formula is C12H16BrNS. The molecule has 1 aromatic heterocycles. The fourth-order valence-electron chi connectivity index (χ4n) is 1.95. The molecule has 0 spiro atoms. The molecule has 2 rings (SSSR count). The van der Waals surface area contributed by atoms with Crippen LogP contribution in [0.4, 0.5) is 0 Å². The van der Waals surface area contributed by atoms with Crippen molar-refractivity contribution in [3.8, 4) is 0 Å². The summed E-state index contributed by atoms with van der Waals surface area (Å²) in [4.78, 5) is 4.49. The number of thioether (sulfide) groups is 1. The van der Waals surface area contributed by atoms with E-state index in [-0.39, 0.29) is 0 Å². The number of aryl methyl sites for hydroxylation is 1. The minimum Gasteiger partial charge on any atom is -0.248 e. The molecular weight excluding hydrogens is 270 g/mol. The van der Waals surface area contributed by atoms with Gasteiger partial charge < -0.3 is 0 Å². The first-order chi connectivity index (χ1) is 7.25. The smallest absolute Gasteiger partial charge is 0.110 e. The number of halogens is 1. The summed E-state index contributed by atoms with van der Waals surface area (Å²) in [5.41, 5.74) is 1.22. The molecule has 0 bridgehead atoms. The fraction of sp³-hybridized carbons (Fsp3) is 0.583. The monoisotopic (exact) mass is 285 g/mol. The van der Waals surface area contributed by atoms with Crippen molar-refractivity contribution in [1.29, 1.82) is 0 Å². The predicted molar refractivity (Wildman–Crippen MR) is 69.4 cm³/mol. The average molecular weight is 286 g/mol. The standard InChI is InChI=1S/C12H16BrNS/c1-9-7-11(13)12(14-8-9)15-10-5-3-2-4-6-10/h7-8,10H,2-6H2,1H3. The number of rotatable bonds is 2. The van der Waals surface area contributed by atoms with Crippen LogP contribution >= 0.6 is 27.7 Å². The number of hydrogen-bond donors (Lipinski definition) is 0. The van der Waals surface area contributed by atoms with Crippen LogP contribution in [0.3, 0.4) is 0 Å².